The summed E-state index contributed by atoms with van der Waals surface area (Å²) in [7, 11) is 0. The Bertz CT molecular complexity index is 404. The molecule has 0 radical (unpaired) electrons. The second kappa shape index (κ2) is 8.52. The van der Waals surface area contributed by atoms with Gasteiger partial charge in [-0.3, -0.25) is 0 Å². The summed E-state index contributed by atoms with van der Waals surface area (Å²) in [5, 5.41) is 0. The maximum Gasteiger partial charge on any atom is 0.333 e. The number of unbranched alkanes of at least 4 members (excludes halogenated alkanes) is 3. The minimum atomic E-state index is -0.330. The molecule has 0 amide bonds. The number of benzene rings is 1. The fourth-order valence-corrected chi connectivity index (χ4v) is 1.83. The van der Waals surface area contributed by atoms with Gasteiger partial charge in [0.2, 0.25) is 0 Å². The summed E-state index contributed by atoms with van der Waals surface area (Å²) >= 11 is 0. The monoisotopic (exact) mass is 260 g/mol. The van der Waals surface area contributed by atoms with Crippen molar-refractivity contribution in [1.82, 2.24) is 0 Å². The van der Waals surface area contributed by atoms with Crippen molar-refractivity contribution in [1.29, 1.82) is 0 Å². The molecular weight excluding hydrogens is 236 g/mol. The average Bonchev–Trinajstić information content (AvgIpc) is 2.42. The van der Waals surface area contributed by atoms with Gasteiger partial charge in [-0.15, -0.1) is 0 Å². The van der Waals surface area contributed by atoms with Crippen LogP contribution in [0.3, 0.4) is 0 Å². The average molecular weight is 260 g/mol. The third-order valence-electron chi connectivity index (χ3n) is 3.06. The Kier molecular flexibility index (Phi) is 6.94. The van der Waals surface area contributed by atoms with Crippen molar-refractivity contribution in [3.63, 3.8) is 0 Å². The zero-order valence-corrected chi connectivity index (χ0v) is 12.1. The predicted molar refractivity (Wildman–Crippen MR) is 78.9 cm³/mol. The zero-order chi connectivity index (χ0) is 14.1. The van der Waals surface area contributed by atoms with Gasteiger partial charge in [-0.2, -0.15) is 0 Å². The van der Waals surface area contributed by atoms with Gasteiger partial charge in [0, 0.05) is 5.57 Å². The number of hydrogen-bond donors (Lipinski definition) is 0. The van der Waals surface area contributed by atoms with E-state index in [1.165, 1.54) is 31.2 Å². The molecule has 0 saturated heterocycles. The van der Waals surface area contributed by atoms with Crippen molar-refractivity contribution >= 4 is 5.97 Å². The molecule has 104 valence electrons. The SMILES string of the molecule is C=C(C)C(=O)OCc1ccc(CCCCCC)cc1. The minimum absolute atomic E-state index is 0.321. The fourth-order valence-electron chi connectivity index (χ4n) is 1.83. The van der Waals surface area contributed by atoms with Gasteiger partial charge in [-0.05, 0) is 30.9 Å². The van der Waals surface area contributed by atoms with Crippen LogP contribution in [0.4, 0.5) is 0 Å². The summed E-state index contributed by atoms with van der Waals surface area (Å²) < 4.78 is 5.10. The van der Waals surface area contributed by atoms with Crippen molar-refractivity contribution in [3.05, 3.63) is 47.5 Å². The molecule has 0 aromatic heterocycles. The van der Waals surface area contributed by atoms with E-state index in [0.29, 0.717) is 12.2 Å². The Balaban J connectivity index is 2.35. The summed E-state index contributed by atoms with van der Waals surface area (Å²) in [4.78, 5) is 11.3. The summed E-state index contributed by atoms with van der Waals surface area (Å²) in [6, 6.07) is 8.30. The van der Waals surface area contributed by atoms with Gasteiger partial charge in [0.15, 0.2) is 0 Å². The Labute approximate surface area is 116 Å². The van der Waals surface area contributed by atoms with E-state index >= 15 is 0 Å². The number of hydrogen-bond acceptors (Lipinski definition) is 2. The Morgan fingerprint density at radius 2 is 1.74 bits per heavy atom. The van der Waals surface area contributed by atoms with Gasteiger partial charge in [-0.25, -0.2) is 4.79 Å². The first kappa shape index (κ1) is 15.5. The first-order valence-electron chi connectivity index (χ1n) is 7.04. The second-order valence-corrected chi connectivity index (χ2v) is 4.98. The van der Waals surface area contributed by atoms with Crippen LogP contribution in [-0.4, -0.2) is 5.97 Å². The van der Waals surface area contributed by atoms with E-state index in [1.54, 1.807) is 6.92 Å². The number of esters is 1. The van der Waals surface area contributed by atoms with Crippen molar-refractivity contribution < 1.29 is 9.53 Å². The van der Waals surface area contributed by atoms with Gasteiger partial charge < -0.3 is 4.74 Å². The zero-order valence-electron chi connectivity index (χ0n) is 12.1. The molecule has 0 saturated carbocycles. The van der Waals surface area contributed by atoms with E-state index in [2.05, 4.69) is 25.6 Å². The maximum absolute atomic E-state index is 11.3. The summed E-state index contributed by atoms with van der Waals surface area (Å²) in [5.74, 6) is -0.330. The molecule has 0 aliphatic carbocycles. The normalized spacial score (nSPS) is 10.2. The Morgan fingerprint density at radius 1 is 1.11 bits per heavy atom. The van der Waals surface area contributed by atoms with Gasteiger partial charge in [0.05, 0.1) is 0 Å². The Morgan fingerprint density at radius 3 is 2.32 bits per heavy atom. The van der Waals surface area contributed by atoms with E-state index in [4.69, 9.17) is 4.74 Å². The first-order valence-corrected chi connectivity index (χ1v) is 7.04. The molecule has 1 aromatic rings. The largest absolute Gasteiger partial charge is 0.457 e. The van der Waals surface area contributed by atoms with Gasteiger partial charge >= 0.3 is 5.97 Å². The molecule has 1 aromatic carbocycles. The molecule has 0 unspecified atom stereocenters. The summed E-state index contributed by atoms with van der Waals surface area (Å²) in [5.41, 5.74) is 2.81. The predicted octanol–water partition coefficient (Wildman–Crippen LogP) is 4.43. The van der Waals surface area contributed by atoms with Crippen LogP contribution in [0.25, 0.3) is 0 Å². The van der Waals surface area contributed by atoms with Gasteiger partial charge in [0.1, 0.15) is 6.61 Å². The van der Waals surface area contributed by atoms with E-state index in [-0.39, 0.29) is 5.97 Å². The molecule has 0 heterocycles. The first-order chi connectivity index (χ1) is 9.13. The molecule has 0 aliphatic rings. The smallest absolute Gasteiger partial charge is 0.333 e. The molecule has 0 spiro atoms. The highest BCUT2D eigenvalue weighted by Gasteiger charge is 2.03. The van der Waals surface area contributed by atoms with Crippen LogP contribution in [0.2, 0.25) is 0 Å². The highest BCUT2D eigenvalue weighted by Crippen LogP contribution is 2.11. The van der Waals surface area contributed by atoms with Crippen LogP contribution in [0.1, 0.15) is 50.7 Å². The highest BCUT2D eigenvalue weighted by atomic mass is 16.5. The molecule has 0 fully saturated rings. The summed E-state index contributed by atoms with van der Waals surface area (Å²) in [6.07, 6.45) is 6.26. The molecule has 0 atom stereocenters. The third kappa shape index (κ3) is 6.23. The molecule has 2 nitrogen and oxygen atoms in total. The molecule has 0 N–H and O–H groups in total. The van der Waals surface area contributed by atoms with Crippen LogP contribution in [0.15, 0.2) is 36.4 Å². The lowest BCUT2D eigenvalue weighted by atomic mass is 10.0. The number of carbonyl (C=O) groups is 1. The topological polar surface area (TPSA) is 26.3 Å². The number of ether oxygens (including phenoxy) is 1. The lowest BCUT2D eigenvalue weighted by molar-refractivity contribution is -0.140. The van der Waals surface area contributed by atoms with E-state index in [0.717, 1.165) is 12.0 Å². The lowest BCUT2D eigenvalue weighted by Crippen LogP contribution is -2.04. The molecule has 0 aliphatic heterocycles. The van der Waals surface area contributed by atoms with Crippen LogP contribution in [-0.2, 0) is 22.6 Å². The molecule has 19 heavy (non-hydrogen) atoms. The van der Waals surface area contributed by atoms with Gasteiger partial charge in [0.25, 0.3) is 0 Å². The van der Waals surface area contributed by atoms with E-state index in [1.807, 2.05) is 12.1 Å². The maximum atomic E-state index is 11.3. The quantitative estimate of drug-likeness (QED) is 0.392. The Hall–Kier alpha value is -1.57. The molecule has 2 heteroatoms. The minimum Gasteiger partial charge on any atom is -0.457 e. The summed E-state index contributed by atoms with van der Waals surface area (Å²) in [6.45, 7) is 7.75. The van der Waals surface area contributed by atoms with Crippen molar-refractivity contribution in [2.45, 2.75) is 52.6 Å². The second-order valence-electron chi connectivity index (χ2n) is 4.98. The molecule has 0 bridgehead atoms. The van der Waals surface area contributed by atoms with Gasteiger partial charge in [-0.1, -0.05) is 57.0 Å². The van der Waals surface area contributed by atoms with Crippen LogP contribution < -0.4 is 0 Å². The number of aryl methyl sites for hydroxylation is 1. The van der Waals surface area contributed by atoms with Crippen molar-refractivity contribution in [2.24, 2.45) is 0 Å². The van der Waals surface area contributed by atoms with Crippen LogP contribution >= 0.6 is 0 Å². The standard InChI is InChI=1S/C17H24O2/c1-4-5-6-7-8-15-9-11-16(12-10-15)13-19-17(18)14(2)3/h9-12H,2,4-8,13H2,1,3H3. The molecular formula is C17H24O2. The van der Waals surface area contributed by atoms with E-state index in [9.17, 15) is 4.79 Å². The van der Waals surface area contributed by atoms with Crippen LogP contribution in [0, 0.1) is 0 Å². The number of carbonyl (C=O) groups excluding carboxylic acids is 1. The molecule has 1 rings (SSSR count). The van der Waals surface area contributed by atoms with Crippen LogP contribution in [0.5, 0.6) is 0 Å². The highest BCUT2D eigenvalue weighted by molar-refractivity contribution is 5.86. The third-order valence-corrected chi connectivity index (χ3v) is 3.06. The van der Waals surface area contributed by atoms with E-state index < -0.39 is 0 Å². The lowest BCUT2D eigenvalue weighted by Gasteiger charge is -2.06. The fraction of sp³-hybridized carbons (Fsp3) is 0.471. The number of rotatable bonds is 8. The van der Waals surface area contributed by atoms with Crippen molar-refractivity contribution in [3.8, 4) is 0 Å². The van der Waals surface area contributed by atoms with Crippen molar-refractivity contribution in [2.75, 3.05) is 0 Å².